The number of nitrogens with zero attached hydrogens (tertiary/aromatic N) is 4. The normalized spacial score (nSPS) is 14.8. The molecule has 2 aromatic rings. The number of aromatic nitrogens is 3. The van der Waals surface area contributed by atoms with Crippen molar-refractivity contribution >= 4 is 41.3 Å². The number of rotatable bonds is 6. The van der Waals surface area contributed by atoms with Crippen LogP contribution in [0.25, 0.3) is 0 Å². The molecule has 0 radical (unpaired) electrons. The molecule has 0 aliphatic carbocycles. The third-order valence-corrected chi connectivity index (χ3v) is 5.24. The van der Waals surface area contributed by atoms with Crippen LogP contribution < -0.4 is 5.32 Å². The smallest absolute Gasteiger partial charge is 0.276 e. The van der Waals surface area contributed by atoms with Gasteiger partial charge in [-0.15, -0.1) is 35.4 Å². The Morgan fingerprint density at radius 2 is 2.24 bits per heavy atom. The first-order valence-corrected chi connectivity index (χ1v) is 9.13. The Bertz CT molecular complexity index is 711. The van der Waals surface area contributed by atoms with E-state index in [4.69, 9.17) is 11.6 Å². The molecule has 3 rings (SSSR count). The lowest BCUT2D eigenvalue weighted by Crippen LogP contribution is -2.31. The van der Waals surface area contributed by atoms with Crippen LogP contribution in [0.1, 0.15) is 34.2 Å². The van der Waals surface area contributed by atoms with E-state index in [1.54, 1.807) is 17.2 Å². The molecule has 1 aliphatic rings. The molecule has 0 bridgehead atoms. The first kappa shape index (κ1) is 19.9. The Morgan fingerprint density at radius 3 is 2.88 bits per heavy atom. The zero-order chi connectivity index (χ0) is 16.9. The van der Waals surface area contributed by atoms with Gasteiger partial charge in [-0.25, -0.2) is 4.68 Å². The van der Waals surface area contributed by atoms with Gasteiger partial charge in [0.05, 0.1) is 23.1 Å². The summed E-state index contributed by atoms with van der Waals surface area (Å²) in [5, 5.41) is 11.6. The molecule has 6 nitrogen and oxygen atoms in total. The highest BCUT2D eigenvalue weighted by Gasteiger charge is 2.22. The van der Waals surface area contributed by atoms with Crippen molar-refractivity contribution in [1.29, 1.82) is 0 Å². The second-order valence-electron chi connectivity index (χ2n) is 5.75. The van der Waals surface area contributed by atoms with Gasteiger partial charge in [0.1, 0.15) is 0 Å². The fourth-order valence-electron chi connectivity index (χ4n) is 2.79. The Labute approximate surface area is 162 Å². The highest BCUT2D eigenvalue weighted by molar-refractivity contribution is 7.16. The van der Waals surface area contributed by atoms with E-state index in [1.807, 2.05) is 16.8 Å². The molecule has 0 spiro atoms. The Morgan fingerprint density at radius 1 is 1.48 bits per heavy atom. The summed E-state index contributed by atoms with van der Waals surface area (Å²) in [7, 11) is 0. The molecule has 1 saturated heterocycles. The molecule has 0 aromatic carbocycles. The van der Waals surface area contributed by atoms with E-state index in [2.05, 4.69) is 22.2 Å². The molecule has 136 valence electrons. The van der Waals surface area contributed by atoms with E-state index < -0.39 is 0 Å². The van der Waals surface area contributed by atoms with Crippen LogP contribution in [0.2, 0.25) is 4.34 Å². The monoisotopic (exact) mass is 401 g/mol. The van der Waals surface area contributed by atoms with Gasteiger partial charge >= 0.3 is 0 Å². The SMILES string of the molecule is C=CCN(Cc1ccc(Cl)s1)C(=O)c1cn(C2CCNCC2)nn1.Cl. The number of thiophene rings is 1. The van der Waals surface area contributed by atoms with E-state index in [1.165, 1.54) is 11.3 Å². The van der Waals surface area contributed by atoms with E-state index in [0.717, 1.165) is 30.8 Å². The summed E-state index contributed by atoms with van der Waals surface area (Å²) in [5.74, 6) is -0.139. The van der Waals surface area contributed by atoms with Gasteiger partial charge in [-0.1, -0.05) is 22.9 Å². The van der Waals surface area contributed by atoms with Crippen molar-refractivity contribution < 1.29 is 4.79 Å². The molecule has 1 fully saturated rings. The zero-order valence-corrected chi connectivity index (χ0v) is 16.1. The minimum absolute atomic E-state index is 0. The average molecular weight is 402 g/mol. The second kappa shape index (κ2) is 9.33. The van der Waals surface area contributed by atoms with Gasteiger partial charge in [0.15, 0.2) is 5.69 Å². The van der Waals surface area contributed by atoms with Gasteiger partial charge in [-0.2, -0.15) is 0 Å². The van der Waals surface area contributed by atoms with Crippen LogP contribution >= 0.6 is 35.3 Å². The van der Waals surface area contributed by atoms with Gasteiger partial charge in [0, 0.05) is 11.4 Å². The van der Waals surface area contributed by atoms with Crippen molar-refractivity contribution in [3.63, 3.8) is 0 Å². The summed E-state index contributed by atoms with van der Waals surface area (Å²) in [6, 6.07) is 4.08. The fraction of sp³-hybridized carbons (Fsp3) is 0.438. The third-order valence-electron chi connectivity index (χ3n) is 4.02. The average Bonchev–Trinajstić information content (AvgIpc) is 3.24. The molecule has 0 atom stereocenters. The third kappa shape index (κ3) is 5.04. The van der Waals surface area contributed by atoms with Crippen LogP contribution in [0.4, 0.5) is 0 Å². The number of amides is 1. The highest BCUT2D eigenvalue weighted by Crippen LogP contribution is 2.23. The lowest BCUT2D eigenvalue weighted by molar-refractivity contribution is 0.0758. The van der Waals surface area contributed by atoms with Crippen molar-refractivity contribution in [2.24, 2.45) is 0 Å². The maximum absolute atomic E-state index is 12.8. The standard InChI is InChI=1S/C16H20ClN5OS.ClH/c1-2-9-21(10-13-3-4-15(17)24-13)16(23)14-11-22(20-19-14)12-5-7-18-8-6-12;/h2-4,11-12,18H,1,5-10H2;1H. The zero-order valence-electron chi connectivity index (χ0n) is 13.7. The van der Waals surface area contributed by atoms with Gasteiger partial charge in [0.2, 0.25) is 0 Å². The Hall–Kier alpha value is -1.41. The predicted molar refractivity (Wildman–Crippen MR) is 103 cm³/mol. The molecular formula is C16H21Cl2N5OS. The first-order valence-electron chi connectivity index (χ1n) is 7.94. The number of carbonyl (C=O) groups is 1. The number of hydrogen-bond donors (Lipinski definition) is 1. The molecule has 3 heterocycles. The fourth-order valence-corrected chi connectivity index (χ4v) is 3.89. The molecule has 1 N–H and O–H groups in total. The summed E-state index contributed by atoms with van der Waals surface area (Å²) in [4.78, 5) is 15.5. The number of carbonyl (C=O) groups excluding carboxylic acids is 1. The highest BCUT2D eigenvalue weighted by atomic mass is 35.5. The number of piperidine rings is 1. The molecule has 0 saturated carbocycles. The number of nitrogens with one attached hydrogen (secondary N) is 1. The van der Waals surface area contributed by atoms with Crippen molar-refractivity contribution in [1.82, 2.24) is 25.2 Å². The van der Waals surface area contributed by atoms with Crippen molar-refractivity contribution in [2.75, 3.05) is 19.6 Å². The van der Waals surface area contributed by atoms with E-state index in [-0.39, 0.29) is 18.3 Å². The van der Waals surface area contributed by atoms with E-state index in [9.17, 15) is 4.79 Å². The molecule has 9 heteroatoms. The summed E-state index contributed by atoms with van der Waals surface area (Å²) in [6.07, 6.45) is 5.47. The van der Waals surface area contributed by atoms with Crippen LogP contribution in [0.5, 0.6) is 0 Å². The molecule has 1 amide bonds. The molecule has 25 heavy (non-hydrogen) atoms. The topological polar surface area (TPSA) is 63.1 Å². The maximum atomic E-state index is 12.8. The maximum Gasteiger partial charge on any atom is 0.276 e. The van der Waals surface area contributed by atoms with Gasteiger partial charge < -0.3 is 10.2 Å². The lowest BCUT2D eigenvalue weighted by atomic mass is 10.1. The summed E-state index contributed by atoms with van der Waals surface area (Å²) in [5.41, 5.74) is 0.373. The first-order chi connectivity index (χ1) is 11.7. The molecule has 2 aromatic heterocycles. The predicted octanol–water partition coefficient (Wildman–Crippen LogP) is 3.17. The van der Waals surface area contributed by atoms with E-state index in [0.29, 0.717) is 29.2 Å². The Kier molecular flexibility index (Phi) is 7.43. The van der Waals surface area contributed by atoms with E-state index >= 15 is 0 Å². The number of hydrogen-bond acceptors (Lipinski definition) is 5. The summed E-state index contributed by atoms with van der Waals surface area (Å²) >= 11 is 7.44. The minimum atomic E-state index is -0.139. The second-order valence-corrected chi connectivity index (χ2v) is 7.54. The number of halogens is 2. The van der Waals surface area contributed by atoms with Gasteiger partial charge in [-0.3, -0.25) is 4.79 Å². The van der Waals surface area contributed by atoms with Crippen molar-refractivity contribution in [3.05, 3.63) is 45.9 Å². The summed E-state index contributed by atoms with van der Waals surface area (Å²) in [6.45, 7) is 6.61. The van der Waals surface area contributed by atoms with Crippen LogP contribution in [0, 0.1) is 0 Å². The quantitative estimate of drug-likeness (QED) is 0.754. The molecule has 0 unspecified atom stereocenters. The lowest BCUT2D eigenvalue weighted by Gasteiger charge is -2.22. The van der Waals surface area contributed by atoms with Crippen molar-refractivity contribution in [3.8, 4) is 0 Å². The van der Waals surface area contributed by atoms with Gasteiger partial charge in [0.25, 0.3) is 5.91 Å². The van der Waals surface area contributed by atoms with Crippen LogP contribution in [-0.2, 0) is 6.54 Å². The minimum Gasteiger partial charge on any atom is -0.328 e. The Balaban J connectivity index is 0.00000225. The van der Waals surface area contributed by atoms with Gasteiger partial charge in [-0.05, 0) is 38.1 Å². The van der Waals surface area contributed by atoms with Crippen molar-refractivity contribution in [2.45, 2.75) is 25.4 Å². The summed E-state index contributed by atoms with van der Waals surface area (Å²) < 4.78 is 2.54. The molecule has 1 aliphatic heterocycles. The largest absolute Gasteiger partial charge is 0.328 e. The van der Waals surface area contributed by atoms with Crippen LogP contribution in [0.3, 0.4) is 0 Å². The molecular weight excluding hydrogens is 381 g/mol. The van der Waals surface area contributed by atoms with Crippen LogP contribution in [0.15, 0.2) is 31.0 Å². The van der Waals surface area contributed by atoms with Crippen LogP contribution in [-0.4, -0.2) is 45.4 Å².